The fourth-order valence-corrected chi connectivity index (χ4v) is 2.50. The van der Waals surface area contributed by atoms with Crippen molar-refractivity contribution in [2.24, 2.45) is 5.16 Å². The maximum atomic E-state index is 8.68. The lowest BCUT2D eigenvalue weighted by Crippen LogP contribution is -2.06. The van der Waals surface area contributed by atoms with Gasteiger partial charge in [-0.3, -0.25) is 4.68 Å². The van der Waals surface area contributed by atoms with Gasteiger partial charge in [0.25, 0.3) is 0 Å². The van der Waals surface area contributed by atoms with Crippen molar-refractivity contribution >= 4 is 5.71 Å². The molecule has 1 aromatic heterocycles. The Kier molecular flexibility index (Phi) is 4.36. The van der Waals surface area contributed by atoms with Gasteiger partial charge in [-0.2, -0.15) is 5.10 Å². The molecular weight excluding hydrogens is 230 g/mol. The fourth-order valence-electron chi connectivity index (χ4n) is 2.50. The van der Waals surface area contributed by atoms with E-state index in [4.69, 9.17) is 9.94 Å². The maximum Gasteiger partial charge on any atom is 0.140 e. The largest absolute Gasteiger partial charge is 0.393 e. The van der Waals surface area contributed by atoms with Crippen molar-refractivity contribution in [3.63, 3.8) is 0 Å². The summed E-state index contributed by atoms with van der Waals surface area (Å²) in [4.78, 5) is 5.05. The molecule has 0 amide bonds. The highest BCUT2D eigenvalue weighted by Crippen LogP contribution is 2.21. The maximum absolute atomic E-state index is 8.68. The van der Waals surface area contributed by atoms with E-state index < -0.39 is 0 Å². The monoisotopic (exact) mass is 251 g/mol. The summed E-state index contributed by atoms with van der Waals surface area (Å²) < 4.78 is 2.11. The minimum Gasteiger partial charge on any atom is -0.393 e. The van der Waals surface area contributed by atoms with Crippen LogP contribution < -0.4 is 0 Å². The Morgan fingerprint density at radius 1 is 1.44 bits per heavy atom. The number of nitrogens with zero attached hydrogens (tertiary/aromatic N) is 3. The number of aliphatic hydroxyl groups excluding tert-OH is 1. The third-order valence-electron chi connectivity index (χ3n) is 3.26. The second kappa shape index (κ2) is 6.00. The highest BCUT2D eigenvalue weighted by atomic mass is 16.6. The van der Waals surface area contributed by atoms with Crippen LogP contribution in [0, 0.1) is 6.92 Å². The van der Waals surface area contributed by atoms with Crippen LogP contribution in [0.4, 0.5) is 0 Å². The Bertz CT molecular complexity index is 438. The van der Waals surface area contributed by atoms with Crippen molar-refractivity contribution in [1.82, 2.24) is 9.78 Å². The van der Waals surface area contributed by atoms with Crippen LogP contribution in [0.3, 0.4) is 0 Å². The molecule has 1 aromatic rings. The van der Waals surface area contributed by atoms with Gasteiger partial charge in [0.15, 0.2) is 0 Å². The van der Waals surface area contributed by atoms with Gasteiger partial charge in [0.1, 0.15) is 6.61 Å². The third-order valence-corrected chi connectivity index (χ3v) is 3.26. The van der Waals surface area contributed by atoms with E-state index in [0.29, 0.717) is 0 Å². The van der Waals surface area contributed by atoms with Crippen LogP contribution in [0.1, 0.15) is 43.1 Å². The quantitative estimate of drug-likeness (QED) is 0.503. The van der Waals surface area contributed by atoms with Gasteiger partial charge < -0.3 is 9.94 Å². The van der Waals surface area contributed by atoms with Crippen LogP contribution in [0.2, 0.25) is 0 Å². The molecule has 18 heavy (non-hydrogen) atoms. The molecule has 0 radical (unpaired) electrons. The van der Waals surface area contributed by atoms with Gasteiger partial charge in [0.2, 0.25) is 0 Å². The van der Waals surface area contributed by atoms with Crippen LogP contribution in [0.15, 0.2) is 5.16 Å². The number of rotatable bonds is 4. The number of fused-ring (bicyclic) bond motifs is 1. The average molecular weight is 251 g/mol. The molecule has 0 bridgehead atoms. The van der Waals surface area contributed by atoms with Crippen molar-refractivity contribution in [3.05, 3.63) is 17.0 Å². The highest BCUT2D eigenvalue weighted by molar-refractivity contribution is 6.00. The number of aliphatic hydroxyl groups is 1. The highest BCUT2D eigenvalue weighted by Gasteiger charge is 2.19. The average Bonchev–Trinajstić information content (AvgIpc) is 2.51. The van der Waals surface area contributed by atoms with Crippen LogP contribution in [-0.2, 0) is 17.8 Å². The van der Waals surface area contributed by atoms with Gasteiger partial charge in [-0.15, -0.1) is 0 Å². The molecule has 5 nitrogen and oxygen atoms in total. The first kappa shape index (κ1) is 13.1. The summed E-state index contributed by atoms with van der Waals surface area (Å²) in [5.41, 5.74) is 4.26. The van der Waals surface area contributed by atoms with E-state index in [-0.39, 0.29) is 13.2 Å². The number of oxime groups is 1. The van der Waals surface area contributed by atoms with E-state index in [1.165, 1.54) is 25.0 Å². The van der Waals surface area contributed by atoms with Gasteiger partial charge in [0.05, 0.1) is 18.0 Å². The molecular formula is C13H21N3O2. The second-order valence-corrected chi connectivity index (χ2v) is 4.67. The predicted octanol–water partition coefficient (Wildman–Crippen LogP) is 1.65. The second-order valence-electron chi connectivity index (χ2n) is 4.67. The predicted molar refractivity (Wildman–Crippen MR) is 69.8 cm³/mol. The van der Waals surface area contributed by atoms with E-state index in [1.807, 2.05) is 13.8 Å². The Morgan fingerprint density at radius 2 is 2.28 bits per heavy atom. The SMILES string of the molecule is C/C(=N\OCCO)c1c(C)nn2c1CCCCC2. The Morgan fingerprint density at radius 3 is 3.06 bits per heavy atom. The minimum absolute atomic E-state index is 0.0120. The van der Waals surface area contributed by atoms with E-state index >= 15 is 0 Å². The van der Waals surface area contributed by atoms with E-state index in [0.717, 1.165) is 29.9 Å². The molecule has 0 fully saturated rings. The molecule has 2 heterocycles. The summed E-state index contributed by atoms with van der Waals surface area (Å²) in [6.45, 7) is 5.18. The van der Waals surface area contributed by atoms with Crippen molar-refractivity contribution in [3.8, 4) is 0 Å². The lowest BCUT2D eigenvalue weighted by Gasteiger charge is -2.05. The number of aromatic nitrogens is 2. The molecule has 0 spiro atoms. The van der Waals surface area contributed by atoms with Gasteiger partial charge >= 0.3 is 0 Å². The molecule has 1 aliphatic heterocycles. The summed E-state index contributed by atoms with van der Waals surface area (Å²) in [6, 6.07) is 0. The van der Waals surface area contributed by atoms with Gasteiger partial charge in [-0.1, -0.05) is 11.6 Å². The van der Waals surface area contributed by atoms with Crippen LogP contribution >= 0.6 is 0 Å². The zero-order valence-electron chi connectivity index (χ0n) is 11.1. The first-order valence-corrected chi connectivity index (χ1v) is 6.58. The molecule has 0 unspecified atom stereocenters. The van der Waals surface area contributed by atoms with Crippen LogP contribution in [-0.4, -0.2) is 33.8 Å². The standard InChI is InChI=1S/C13H21N3O2/c1-10-13(11(2)15-18-9-8-17)12-6-4-3-5-7-16(12)14-10/h17H,3-9H2,1-2H3/b15-11+. The molecule has 1 N–H and O–H groups in total. The lowest BCUT2D eigenvalue weighted by atomic mass is 10.1. The Hall–Kier alpha value is -1.36. The summed E-state index contributed by atoms with van der Waals surface area (Å²) in [6.07, 6.45) is 4.73. The van der Waals surface area contributed by atoms with Crippen molar-refractivity contribution in [2.45, 2.75) is 46.1 Å². The Labute approximate surface area is 107 Å². The van der Waals surface area contributed by atoms with Crippen LogP contribution in [0.25, 0.3) is 0 Å². The molecule has 0 saturated carbocycles. The van der Waals surface area contributed by atoms with Crippen molar-refractivity contribution in [1.29, 1.82) is 0 Å². The molecule has 0 aliphatic carbocycles. The summed E-state index contributed by atoms with van der Waals surface area (Å²) in [5, 5.41) is 17.3. The number of aryl methyl sites for hydroxylation is 2. The summed E-state index contributed by atoms with van der Waals surface area (Å²) in [7, 11) is 0. The topological polar surface area (TPSA) is 59.6 Å². The first-order chi connectivity index (χ1) is 8.74. The molecule has 1 aliphatic rings. The van der Waals surface area contributed by atoms with Crippen LogP contribution in [0.5, 0.6) is 0 Å². The normalized spacial score (nSPS) is 16.3. The molecule has 0 atom stereocenters. The van der Waals surface area contributed by atoms with Gasteiger partial charge in [-0.05, 0) is 33.1 Å². The minimum atomic E-state index is -0.0120. The molecule has 0 saturated heterocycles. The fraction of sp³-hybridized carbons (Fsp3) is 0.692. The summed E-state index contributed by atoms with van der Waals surface area (Å²) >= 11 is 0. The lowest BCUT2D eigenvalue weighted by molar-refractivity contribution is 0.0986. The van der Waals surface area contributed by atoms with E-state index in [1.54, 1.807) is 0 Å². The molecule has 2 rings (SSSR count). The van der Waals surface area contributed by atoms with E-state index in [2.05, 4.69) is 14.9 Å². The van der Waals surface area contributed by atoms with Crippen molar-refractivity contribution in [2.75, 3.05) is 13.2 Å². The number of hydrogen-bond acceptors (Lipinski definition) is 4. The smallest absolute Gasteiger partial charge is 0.140 e. The third kappa shape index (κ3) is 2.72. The summed E-state index contributed by atoms with van der Waals surface area (Å²) in [5.74, 6) is 0. The Balaban J connectivity index is 2.26. The molecule has 5 heteroatoms. The first-order valence-electron chi connectivity index (χ1n) is 6.58. The molecule has 100 valence electrons. The molecule has 0 aromatic carbocycles. The van der Waals surface area contributed by atoms with Crippen molar-refractivity contribution < 1.29 is 9.94 Å². The van der Waals surface area contributed by atoms with Gasteiger partial charge in [-0.25, -0.2) is 0 Å². The number of hydrogen-bond donors (Lipinski definition) is 1. The van der Waals surface area contributed by atoms with Gasteiger partial charge in [0, 0.05) is 17.8 Å². The van der Waals surface area contributed by atoms with E-state index in [9.17, 15) is 0 Å². The zero-order valence-corrected chi connectivity index (χ0v) is 11.1. The zero-order chi connectivity index (χ0) is 13.0.